The number of aliphatic hydroxyl groups excluding tert-OH is 1. The zero-order chi connectivity index (χ0) is 19.3. The van der Waals surface area contributed by atoms with Gasteiger partial charge in [0.2, 0.25) is 0 Å². The van der Waals surface area contributed by atoms with Crippen LogP contribution in [0.1, 0.15) is 18.1 Å². The van der Waals surface area contributed by atoms with Gasteiger partial charge in [-0.15, -0.1) is 0 Å². The maximum absolute atomic E-state index is 13.0. The van der Waals surface area contributed by atoms with Crippen LogP contribution < -0.4 is 0 Å². The first-order valence-corrected chi connectivity index (χ1v) is 8.97. The Balaban J connectivity index is 1.87. The maximum atomic E-state index is 13.0. The lowest BCUT2D eigenvalue weighted by Gasteiger charge is -2.29. The molecule has 3 aromatic carbocycles. The van der Waals surface area contributed by atoms with Gasteiger partial charge in [0.05, 0.1) is 6.61 Å². The summed E-state index contributed by atoms with van der Waals surface area (Å²) in [6.07, 6.45) is -0.192. The van der Waals surface area contributed by atoms with Crippen molar-refractivity contribution < 1.29 is 19.4 Å². The first-order valence-electron chi connectivity index (χ1n) is 8.97. The van der Waals surface area contributed by atoms with Gasteiger partial charge in [-0.2, -0.15) is 0 Å². The first kappa shape index (κ1) is 19.1. The van der Waals surface area contributed by atoms with Crippen LogP contribution in [0.25, 0.3) is 10.8 Å². The Morgan fingerprint density at radius 2 is 1.67 bits per heavy atom. The van der Waals surface area contributed by atoms with Gasteiger partial charge in [-0.25, -0.2) is 4.79 Å². The van der Waals surface area contributed by atoms with Crippen molar-refractivity contribution in [3.05, 3.63) is 83.9 Å². The fourth-order valence-electron chi connectivity index (χ4n) is 3.23. The minimum absolute atomic E-state index is 0.254. The molecule has 2 atom stereocenters. The molecule has 0 aliphatic carbocycles. The Hall–Kier alpha value is -2.69. The number of esters is 1. The first-order chi connectivity index (χ1) is 13.1. The summed E-state index contributed by atoms with van der Waals surface area (Å²) < 4.78 is 11.3. The summed E-state index contributed by atoms with van der Waals surface area (Å²) in [7, 11) is 1.49. The van der Waals surface area contributed by atoms with E-state index in [9.17, 15) is 9.90 Å². The van der Waals surface area contributed by atoms with Crippen LogP contribution in [0.4, 0.5) is 0 Å². The van der Waals surface area contributed by atoms with Crippen LogP contribution in [-0.4, -0.2) is 30.9 Å². The minimum atomic E-state index is -1.27. The number of methoxy groups -OCH3 is 1. The molecule has 0 fully saturated rings. The highest BCUT2D eigenvalue weighted by Crippen LogP contribution is 2.33. The van der Waals surface area contributed by atoms with Crippen molar-refractivity contribution >= 4 is 16.7 Å². The number of hydrogen-bond acceptors (Lipinski definition) is 4. The predicted octanol–water partition coefficient (Wildman–Crippen LogP) is 3.85. The van der Waals surface area contributed by atoms with Crippen LogP contribution in [0.15, 0.2) is 72.8 Å². The number of aliphatic hydroxyl groups is 1. The SMILES string of the molecule is CO[C@@](C)(C(=O)O[C@H](CO)Cc1ccccc1)c1cccc2ccccc12. The predicted molar refractivity (Wildman–Crippen MR) is 105 cm³/mol. The Bertz CT molecular complexity index is 901. The topological polar surface area (TPSA) is 55.8 Å². The quantitative estimate of drug-likeness (QED) is 0.647. The van der Waals surface area contributed by atoms with E-state index >= 15 is 0 Å². The second-order valence-electron chi connectivity index (χ2n) is 6.66. The van der Waals surface area contributed by atoms with Gasteiger partial charge in [0.25, 0.3) is 0 Å². The molecule has 0 unspecified atom stereocenters. The van der Waals surface area contributed by atoms with Gasteiger partial charge < -0.3 is 14.6 Å². The highest BCUT2D eigenvalue weighted by Gasteiger charge is 2.39. The fraction of sp³-hybridized carbons (Fsp3) is 0.261. The van der Waals surface area contributed by atoms with Crippen molar-refractivity contribution in [2.45, 2.75) is 25.0 Å². The lowest BCUT2D eigenvalue weighted by molar-refractivity contribution is -0.175. The van der Waals surface area contributed by atoms with Gasteiger partial charge in [0.1, 0.15) is 6.10 Å². The van der Waals surface area contributed by atoms with E-state index in [1.807, 2.05) is 72.8 Å². The van der Waals surface area contributed by atoms with E-state index in [0.29, 0.717) is 6.42 Å². The van der Waals surface area contributed by atoms with Crippen LogP contribution >= 0.6 is 0 Å². The molecule has 0 aliphatic heterocycles. The van der Waals surface area contributed by atoms with Crippen molar-refractivity contribution in [3.63, 3.8) is 0 Å². The minimum Gasteiger partial charge on any atom is -0.457 e. The smallest absolute Gasteiger partial charge is 0.343 e. The van der Waals surface area contributed by atoms with Crippen LogP contribution in [0.5, 0.6) is 0 Å². The Morgan fingerprint density at radius 3 is 2.37 bits per heavy atom. The van der Waals surface area contributed by atoms with Crippen LogP contribution in [0.2, 0.25) is 0 Å². The summed E-state index contributed by atoms with van der Waals surface area (Å²) in [5.41, 5.74) is 0.462. The van der Waals surface area contributed by atoms with E-state index in [0.717, 1.165) is 21.9 Å². The second-order valence-corrected chi connectivity index (χ2v) is 6.66. The highest BCUT2D eigenvalue weighted by molar-refractivity contribution is 5.92. The molecule has 27 heavy (non-hydrogen) atoms. The molecule has 140 valence electrons. The van der Waals surface area contributed by atoms with E-state index < -0.39 is 17.7 Å². The van der Waals surface area contributed by atoms with Crippen LogP contribution in [0.3, 0.4) is 0 Å². The Morgan fingerprint density at radius 1 is 1.00 bits per heavy atom. The Labute approximate surface area is 159 Å². The molecule has 0 heterocycles. The molecule has 0 saturated carbocycles. The molecule has 0 aromatic heterocycles. The van der Waals surface area contributed by atoms with Crippen molar-refractivity contribution in [1.82, 2.24) is 0 Å². The summed E-state index contributed by atoms with van der Waals surface area (Å²) >= 11 is 0. The standard InChI is InChI=1S/C23H24O4/c1-23(26-2,21-14-8-12-18-11-6-7-13-20(18)21)22(25)27-19(16-24)15-17-9-4-3-5-10-17/h3-14,19,24H,15-16H2,1-2H3/t19-,23+/m0/s1. The molecule has 3 aromatic rings. The number of carbonyl (C=O) groups is 1. The average molecular weight is 364 g/mol. The average Bonchev–Trinajstić information content (AvgIpc) is 2.72. The lowest BCUT2D eigenvalue weighted by Crippen LogP contribution is -2.40. The summed E-state index contributed by atoms with van der Waals surface area (Å²) in [4.78, 5) is 13.0. The van der Waals surface area contributed by atoms with Gasteiger partial charge in [-0.3, -0.25) is 0 Å². The molecule has 0 aliphatic rings. The van der Waals surface area contributed by atoms with Crippen LogP contribution in [-0.2, 0) is 26.3 Å². The van der Waals surface area contributed by atoms with E-state index in [1.54, 1.807) is 6.92 Å². The van der Waals surface area contributed by atoms with Gasteiger partial charge in [-0.05, 0) is 23.3 Å². The van der Waals surface area contributed by atoms with E-state index in [4.69, 9.17) is 9.47 Å². The van der Waals surface area contributed by atoms with Gasteiger partial charge in [0.15, 0.2) is 5.60 Å². The third-order valence-corrected chi connectivity index (χ3v) is 4.88. The molecule has 0 radical (unpaired) electrons. The van der Waals surface area contributed by atoms with E-state index in [1.165, 1.54) is 7.11 Å². The van der Waals surface area contributed by atoms with Gasteiger partial charge in [0, 0.05) is 19.1 Å². The summed E-state index contributed by atoms with van der Waals surface area (Å²) in [6.45, 7) is 1.45. The lowest BCUT2D eigenvalue weighted by atomic mass is 9.90. The third-order valence-electron chi connectivity index (χ3n) is 4.88. The van der Waals surface area contributed by atoms with Gasteiger partial charge >= 0.3 is 5.97 Å². The van der Waals surface area contributed by atoms with Crippen molar-refractivity contribution in [2.75, 3.05) is 13.7 Å². The van der Waals surface area contributed by atoms with Crippen molar-refractivity contribution in [1.29, 1.82) is 0 Å². The summed E-state index contributed by atoms with van der Waals surface area (Å²) in [6, 6.07) is 23.2. The van der Waals surface area contributed by atoms with Crippen LogP contribution in [0, 0.1) is 0 Å². The largest absolute Gasteiger partial charge is 0.457 e. The second kappa shape index (κ2) is 8.33. The molecule has 0 saturated heterocycles. The monoisotopic (exact) mass is 364 g/mol. The van der Waals surface area contributed by atoms with E-state index in [-0.39, 0.29) is 6.61 Å². The summed E-state index contributed by atoms with van der Waals surface area (Å²) in [5, 5.41) is 11.7. The molecule has 1 N–H and O–H groups in total. The highest BCUT2D eigenvalue weighted by atomic mass is 16.6. The zero-order valence-corrected chi connectivity index (χ0v) is 15.6. The molecule has 4 heteroatoms. The third kappa shape index (κ3) is 4.02. The Kier molecular flexibility index (Phi) is 5.89. The molecule has 0 spiro atoms. The number of carbonyl (C=O) groups excluding carboxylic acids is 1. The van der Waals surface area contributed by atoms with E-state index in [2.05, 4.69) is 0 Å². The molecule has 0 bridgehead atoms. The molecular weight excluding hydrogens is 340 g/mol. The van der Waals surface area contributed by atoms with Crippen molar-refractivity contribution in [2.24, 2.45) is 0 Å². The summed E-state index contributed by atoms with van der Waals surface area (Å²) in [5.74, 6) is -0.517. The van der Waals surface area contributed by atoms with Crippen molar-refractivity contribution in [3.8, 4) is 0 Å². The molecule has 4 nitrogen and oxygen atoms in total. The fourth-order valence-corrected chi connectivity index (χ4v) is 3.23. The molecular formula is C23H24O4. The zero-order valence-electron chi connectivity index (χ0n) is 15.6. The number of hydrogen-bond donors (Lipinski definition) is 1. The number of rotatable bonds is 7. The number of benzene rings is 3. The number of ether oxygens (including phenoxy) is 2. The maximum Gasteiger partial charge on any atom is 0.343 e. The van der Waals surface area contributed by atoms with Gasteiger partial charge in [-0.1, -0.05) is 72.8 Å². The normalized spacial score (nSPS) is 14.5. The number of fused-ring (bicyclic) bond motifs is 1. The molecule has 3 rings (SSSR count). The molecule has 0 amide bonds.